The summed E-state index contributed by atoms with van der Waals surface area (Å²) in [5.41, 5.74) is 0. The van der Waals surface area contributed by atoms with Crippen LogP contribution in [-0.4, -0.2) is 31.3 Å². The fourth-order valence-electron chi connectivity index (χ4n) is 3.83. The molecule has 2 fully saturated rings. The van der Waals surface area contributed by atoms with E-state index in [4.69, 9.17) is 4.74 Å². The van der Waals surface area contributed by atoms with Crippen molar-refractivity contribution in [1.82, 2.24) is 0 Å². The van der Waals surface area contributed by atoms with Gasteiger partial charge in [-0.05, 0) is 44.2 Å². The van der Waals surface area contributed by atoms with E-state index >= 15 is 0 Å². The molecule has 0 N–H and O–H groups in total. The Kier molecular flexibility index (Phi) is 5.05. The van der Waals surface area contributed by atoms with E-state index in [1.165, 1.54) is 0 Å². The van der Waals surface area contributed by atoms with Crippen molar-refractivity contribution in [1.29, 1.82) is 0 Å². The molecular formula is C18H24O4S. The van der Waals surface area contributed by atoms with Crippen LogP contribution in [0.4, 0.5) is 0 Å². The van der Waals surface area contributed by atoms with E-state index in [1.807, 2.05) is 30.3 Å². The number of ketones is 1. The monoisotopic (exact) mass is 336 g/mol. The highest BCUT2D eigenvalue weighted by Crippen LogP contribution is 2.40. The maximum absolute atomic E-state index is 12.4. The van der Waals surface area contributed by atoms with Crippen molar-refractivity contribution in [2.24, 2.45) is 5.92 Å². The third kappa shape index (κ3) is 3.77. The predicted molar refractivity (Wildman–Crippen MR) is 89.2 cm³/mol. The van der Waals surface area contributed by atoms with Crippen LogP contribution in [0.25, 0.3) is 0 Å². The molecule has 2 unspecified atom stereocenters. The molecule has 2 bridgehead atoms. The number of para-hydroxylation sites is 1. The first-order valence-corrected chi connectivity index (χ1v) is 10.1. The van der Waals surface area contributed by atoms with Gasteiger partial charge >= 0.3 is 0 Å². The molecule has 0 radical (unpaired) electrons. The molecule has 3 rings (SSSR count). The lowest BCUT2D eigenvalue weighted by atomic mass is 9.85. The van der Waals surface area contributed by atoms with Crippen molar-refractivity contribution < 1.29 is 17.9 Å². The van der Waals surface area contributed by atoms with Crippen molar-refractivity contribution in [2.45, 2.75) is 55.4 Å². The van der Waals surface area contributed by atoms with E-state index in [0.29, 0.717) is 32.3 Å². The summed E-state index contributed by atoms with van der Waals surface area (Å²) in [6.07, 6.45) is 4.71. The minimum Gasteiger partial charge on any atom is -0.494 e. The highest BCUT2D eigenvalue weighted by molar-refractivity contribution is 7.92. The van der Waals surface area contributed by atoms with Crippen LogP contribution in [0.2, 0.25) is 0 Å². The Labute approximate surface area is 138 Å². The molecule has 4 nitrogen and oxygen atoms in total. The molecule has 1 aromatic carbocycles. The highest BCUT2D eigenvalue weighted by Gasteiger charge is 2.45. The summed E-state index contributed by atoms with van der Waals surface area (Å²) in [5, 5.41) is -0.547. The van der Waals surface area contributed by atoms with Crippen LogP contribution in [0.1, 0.15) is 44.9 Å². The summed E-state index contributed by atoms with van der Waals surface area (Å²) in [6.45, 7) is 0.521. The van der Waals surface area contributed by atoms with E-state index < -0.39 is 9.84 Å². The van der Waals surface area contributed by atoms with Crippen molar-refractivity contribution in [3.8, 4) is 5.75 Å². The van der Waals surface area contributed by atoms with Gasteiger partial charge in [0.25, 0.3) is 0 Å². The third-order valence-corrected chi connectivity index (χ3v) is 7.83. The second-order valence-corrected chi connectivity index (χ2v) is 9.18. The molecule has 126 valence electrons. The summed E-state index contributed by atoms with van der Waals surface area (Å²) < 4.78 is 30.1. The summed E-state index contributed by atoms with van der Waals surface area (Å²) in [4.78, 5) is 12.4. The van der Waals surface area contributed by atoms with Crippen LogP contribution in [0.15, 0.2) is 30.3 Å². The van der Waals surface area contributed by atoms with Gasteiger partial charge in [0.15, 0.2) is 9.84 Å². The molecule has 5 heteroatoms. The van der Waals surface area contributed by atoms with E-state index in [0.717, 1.165) is 25.0 Å². The van der Waals surface area contributed by atoms with E-state index in [-0.39, 0.29) is 22.2 Å². The average Bonchev–Trinajstić information content (AvgIpc) is 2.51. The second kappa shape index (κ2) is 7.04. The standard InChI is InChI=1S/C18H24O4S/c19-18(10-5-11-22-15-6-2-1-3-7-15)14-12-16-8-4-9-17(13-14)23(16,20)21/h1-3,6-7,14,16-17H,4-5,8-13H2. The molecule has 0 spiro atoms. The highest BCUT2D eigenvalue weighted by atomic mass is 32.2. The minimum atomic E-state index is -2.97. The van der Waals surface area contributed by atoms with Gasteiger partial charge in [-0.25, -0.2) is 8.42 Å². The van der Waals surface area contributed by atoms with Crippen LogP contribution in [0.3, 0.4) is 0 Å². The Bertz CT molecular complexity index is 618. The van der Waals surface area contributed by atoms with Crippen LogP contribution >= 0.6 is 0 Å². The fraction of sp³-hybridized carbons (Fsp3) is 0.611. The smallest absolute Gasteiger partial charge is 0.156 e. The minimum absolute atomic E-state index is 0.0643. The SMILES string of the molecule is O=C(CCCOc1ccccc1)C1CC2CCCC(C1)S2(=O)=O. The molecular weight excluding hydrogens is 312 g/mol. The molecule has 2 atom stereocenters. The van der Waals surface area contributed by atoms with Gasteiger partial charge < -0.3 is 4.74 Å². The summed E-state index contributed by atoms with van der Waals surface area (Å²) >= 11 is 0. The maximum Gasteiger partial charge on any atom is 0.156 e. The lowest BCUT2D eigenvalue weighted by Crippen LogP contribution is -2.45. The van der Waals surface area contributed by atoms with Gasteiger partial charge in [-0.15, -0.1) is 0 Å². The zero-order valence-corrected chi connectivity index (χ0v) is 14.1. The fourth-order valence-corrected chi connectivity index (χ4v) is 6.36. The van der Waals surface area contributed by atoms with Crippen molar-refractivity contribution >= 4 is 15.6 Å². The molecule has 2 aliphatic rings. The van der Waals surface area contributed by atoms with Crippen LogP contribution in [-0.2, 0) is 14.6 Å². The zero-order valence-electron chi connectivity index (χ0n) is 13.3. The van der Waals surface area contributed by atoms with Gasteiger partial charge in [0.05, 0.1) is 17.1 Å². The number of benzene rings is 1. The molecule has 2 heterocycles. The van der Waals surface area contributed by atoms with Gasteiger partial charge in [0.1, 0.15) is 11.5 Å². The van der Waals surface area contributed by atoms with Crippen molar-refractivity contribution in [3.05, 3.63) is 30.3 Å². The van der Waals surface area contributed by atoms with Crippen LogP contribution < -0.4 is 4.74 Å². The molecule has 23 heavy (non-hydrogen) atoms. The summed E-state index contributed by atoms with van der Waals surface area (Å²) in [5.74, 6) is 0.970. The first kappa shape index (κ1) is 16.5. The predicted octanol–water partition coefficient (Wildman–Crippen LogP) is 3.16. The largest absolute Gasteiger partial charge is 0.494 e. The molecule has 1 aromatic rings. The molecule has 2 aliphatic heterocycles. The summed E-state index contributed by atoms with van der Waals surface area (Å²) in [7, 11) is -2.97. The van der Waals surface area contributed by atoms with Gasteiger partial charge in [0.2, 0.25) is 0 Å². The molecule has 0 aromatic heterocycles. The first-order chi connectivity index (χ1) is 11.1. The number of rotatable bonds is 6. The Balaban J connectivity index is 1.46. The molecule has 0 amide bonds. The van der Waals surface area contributed by atoms with Gasteiger partial charge in [-0.3, -0.25) is 4.79 Å². The second-order valence-electron chi connectivity index (χ2n) is 6.66. The number of hydrogen-bond donors (Lipinski definition) is 0. The van der Waals surface area contributed by atoms with E-state index in [9.17, 15) is 13.2 Å². The van der Waals surface area contributed by atoms with Crippen molar-refractivity contribution in [2.75, 3.05) is 6.61 Å². The Morgan fingerprint density at radius 1 is 1.09 bits per heavy atom. The zero-order chi connectivity index (χ0) is 16.3. The lowest BCUT2D eigenvalue weighted by Gasteiger charge is -2.38. The number of hydrogen-bond acceptors (Lipinski definition) is 4. The Hall–Kier alpha value is -1.36. The number of carbonyl (C=O) groups is 1. The lowest BCUT2D eigenvalue weighted by molar-refractivity contribution is -0.123. The molecule has 0 saturated carbocycles. The maximum atomic E-state index is 12.4. The van der Waals surface area contributed by atoms with Crippen LogP contribution in [0.5, 0.6) is 5.75 Å². The molecule has 2 saturated heterocycles. The van der Waals surface area contributed by atoms with Gasteiger partial charge in [0, 0.05) is 12.3 Å². The quantitative estimate of drug-likeness (QED) is 0.749. The van der Waals surface area contributed by atoms with E-state index in [2.05, 4.69) is 0 Å². The number of Topliss-reactive ketones (excluding diaryl/α,β-unsaturated/α-hetero) is 1. The average molecular weight is 336 g/mol. The molecule has 0 aliphatic carbocycles. The number of carbonyl (C=O) groups excluding carboxylic acids is 1. The topological polar surface area (TPSA) is 60.4 Å². The Morgan fingerprint density at radius 3 is 2.39 bits per heavy atom. The van der Waals surface area contributed by atoms with Gasteiger partial charge in [-0.1, -0.05) is 24.6 Å². The number of sulfone groups is 1. The number of fused-ring (bicyclic) bond motifs is 2. The summed E-state index contributed by atoms with van der Waals surface area (Å²) in [6, 6.07) is 9.57. The normalized spacial score (nSPS) is 29.0. The Morgan fingerprint density at radius 2 is 1.74 bits per heavy atom. The van der Waals surface area contributed by atoms with Crippen LogP contribution in [0, 0.1) is 5.92 Å². The first-order valence-electron chi connectivity index (χ1n) is 8.50. The number of ether oxygens (including phenoxy) is 1. The third-order valence-electron chi connectivity index (χ3n) is 5.11. The van der Waals surface area contributed by atoms with Gasteiger partial charge in [-0.2, -0.15) is 0 Å². The van der Waals surface area contributed by atoms with Crippen molar-refractivity contribution in [3.63, 3.8) is 0 Å². The van der Waals surface area contributed by atoms with E-state index in [1.54, 1.807) is 0 Å².